The zero-order valence-corrected chi connectivity index (χ0v) is 10.1. The number of hydrogen-bond acceptors (Lipinski definition) is 5. The molecule has 1 rings (SSSR count). The Kier molecular flexibility index (Phi) is 5.17. The van der Waals surface area contributed by atoms with Gasteiger partial charge in [0.2, 0.25) is 0 Å². The Morgan fingerprint density at radius 3 is 2.39 bits per heavy atom. The van der Waals surface area contributed by atoms with Crippen LogP contribution in [-0.4, -0.2) is 66.9 Å². The standard InChI is InChI=1S/C9H18F3N5O/c1-16-2-4-17(5-3-16)14-6-7(8(13)15-18)9(10,11)12/h7,14,18H,2-6H2,1H3,(H2,13,15). The molecule has 1 aliphatic rings. The van der Waals surface area contributed by atoms with E-state index in [4.69, 9.17) is 10.9 Å². The highest BCUT2D eigenvalue weighted by Gasteiger charge is 2.42. The number of oxime groups is 1. The number of hydrazine groups is 1. The van der Waals surface area contributed by atoms with Gasteiger partial charge in [-0.3, -0.25) is 5.43 Å². The van der Waals surface area contributed by atoms with Gasteiger partial charge in [0.25, 0.3) is 0 Å². The minimum absolute atomic E-state index is 0.427. The molecule has 0 radical (unpaired) electrons. The van der Waals surface area contributed by atoms with E-state index in [1.165, 1.54) is 0 Å². The molecule has 4 N–H and O–H groups in total. The summed E-state index contributed by atoms with van der Waals surface area (Å²) in [6.07, 6.45) is -4.53. The predicted molar refractivity (Wildman–Crippen MR) is 60.0 cm³/mol. The van der Waals surface area contributed by atoms with Crippen molar-refractivity contribution in [3.63, 3.8) is 0 Å². The first-order valence-corrected chi connectivity index (χ1v) is 5.55. The summed E-state index contributed by atoms with van der Waals surface area (Å²) in [6, 6.07) is 0. The zero-order chi connectivity index (χ0) is 13.8. The van der Waals surface area contributed by atoms with E-state index >= 15 is 0 Å². The highest BCUT2D eigenvalue weighted by Crippen LogP contribution is 2.25. The van der Waals surface area contributed by atoms with E-state index in [9.17, 15) is 13.2 Å². The number of rotatable bonds is 4. The van der Waals surface area contributed by atoms with Gasteiger partial charge in [0.15, 0.2) is 5.84 Å². The average Bonchev–Trinajstić information content (AvgIpc) is 2.29. The molecule has 1 fully saturated rings. The zero-order valence-electron chi connectivity index (χ0n) is 10.1. The highest BCUT2D eigenvalue weighted by atomic mass is 19.4. The number of piperazine rings is 1. The molecule has 0 aliphatic carbocycles. The number of nitrogens with one attached hydrogen (secondary N) is 1. The van der Waals surface area contributed by atoms with Crippen LogP contribution >= 0.6 is 0 Å². The lowest BCUT2D eigenvalue weighted by Gasteiger charge is -2.33. The first kappa shape index (κ1) is 15.0. The summed E-state index contributed by atoms with van der Waals surface area (Å²) in [7, 11) is 1.95. The van der Waals surface area contributed by atoms with E-state index in [2.05, 4.69) is 15.5 Å². The Labute approximate surface area is 103 Å². The second-order valence-electron chi connectivity index (χ2n) is 4.27. The number of alkyl halides is 3. The van der Waals surface area contributed by atoms with Crippen LogP contribution in [0.3, 0.4) is 0 Å². The number of amidine groups is 1. The Morgan fingerprint density at radius 2 is 1.94 bits per heavy atom. The van der Waals surface area contributed by atoms with E-state index in [1.807, 2.05) is 7.05 Å². The summed E-state index contributed by atoms with van der Waals surface area (Å²) in [5.74, 6) is -2.81. The van der Waals surface area contributed by atoms with Crippen LogP contribution in [0.1, 0.15) is 0 Å². The first-order valence-electron chi connectivity index (χ1n) is 5.55. The van der Waals surface area contributed by atoms with E-state index in [-0.39, 0.29) is 0 Å². The van der Waals surface area contributed by atoms with Crippen molar-refractivity contribution in [2.45, 2.75) is 6.18 Å². The van der Waals surface area contributed by atoms with Crippen LogP contribution < -0.4 is 11.2 Å². The summed E-state index contributed by atoms with van der Waals surface area (Å²) in [4.78, 5) is 2.09. The van der Waals surface area contributed by atoms with Gasteiger partial charge in [-0.25, -0.2) is 5.01 Å². The molecule has 106 valence electrons. The predicted octanol–water partition coefficient (Wildman–Crippen LogP) is -0.337. The summed E-state index contributed by atoms with van der Waals surface area (Å²) >= 11 is 0. The third-order valence-electron chi connectivity index (χ3n) is 2.89. The second-order valence-corrected chi connectivity index (χ2v) is 4.27. The fourth-order valence-corrected chi connectivity index (χ4v) is 1.64. The maximum absolute atomic E-state index is 12.6. The third kappa shape index (κ3) is 4.31. The average molecular weight is 269 g/mol. The first-order chi connectivity index (χ1) is 8.34. The third-order valence-corrected chi connectivity index (χ3v) is 2.89. The van der Waals surface area contributed by atoms with Crippen LogP contribution in [0.2, 0.25) is 0 Å². The number of nitrogens with zero attached hydrogens (tertiary/aromatic N) is 3. The number of nitrogens with two attached hydrogens (primary N) is 1. The van der Waals surface area contributed by atoms with Crippen LogP contribution in [0.4, 0.5) is 13.2 Å². The number of hydrogen-bond donors (Lipinski definition) is 3. The molecule has 1 atom stereocenters. The minimum atomic E-state index is -4.53. The molecule has 0 aromatic heterocycles. The fourth-order valence-electron chi connectivity index (χ4n) is 1.64. The van der Waals surface area contributed by atoms with Crippen molar-refractivity contribution in [2.75, 3.05) is 39.8 Å². The molecule has 1 aliphatic heterocycles. The molecule has 0 aromatic carbocycles. The lowest BCUT2D eigenvalue weighted by molar-refractivity contribution is -0.157. The fraction of sp³-hybridized carbons (Fsp3) is 0.889. The van der Waals surface area contributed by atoms with E-state index in [0.717, 1.165) is 13.1 Å². The van der Waals surface area contributed by atoms with Crippen molar-refractivity contribution in [1.29, 1.82) is 0 Å². The normalized spacial score (nSPS) is 22.1. The summed E-state index contributed by atoms with van der Waals surface area (Å²) in [6.45, 7) is 2.41. The van der Waals surface area contributed by atoms with Crippen LogP contribution in [0.15, 0.2) is 5.16 Å². The maximum Gasteiger partial charge on any atom is 0.400 e. The largest absolute Gasteiger partial charge is 0.409 e. The van der Waals surface area contributed by atoms with Crippen LogP contribution in [0.25, 0.3) is 0 Å². The molecule has 0 saturated carbocycles. The van der Waals surface area contributed by atoms with Crippen LogP contribution in [-0.2, 0) is 0 Å². The quantitative estimate of drug-likeness (QED) is 0.282. The van der Waals surface area contributed by atoms with E-state index in [1.54, 1.807) is 5.01 Å². The summed E-state index contributed by atoms with van der Waals surface area (Å²) in [5, 5.41) is 12.5. The van der Waals surface area contributed by atoms with Crippen molar-refractivity contribution < 1.29 is 18.4 Å². The second kappa shape index (κ2) is 6.21. The van der Waals surface area contributed by atoms with Gasteiger partial charge in [-0.1, -0.05) is 5.16 Å². The Morgan fingerprint density at radius 1 is 1.39 bits per heavy atom. The molecule has 0 amide bonds. The van der Waals surface area contributed by atoms with Gasteiger partial charge in [-0.05, 0) is 7.05 Å². The highest BCUT2D eigenvalue weighted by molar-refractivity contribution is 5.83. The SMILES string of the molecule is CN1CCN(NCC(C(N)=NO)C(F)(F)F)CC1. The molecule has 1 heterocycles. The Hall–Kier alpha value is -1.06. The lowest BCUT2D eigenvalue weighted by Crippen LogP contribution is -2.54. The van der Waals surface area contributed by atoms with E-state index < -0.39 is 24.5 Å². The van der Waals surface area contributed by atoms with Crippen molar-refractivity contribution in [3.05, 3.63) is 0 Å². The van der Waals surface area contributed by atoms with Gasteiger partial charge in [0, 0.05) is 32.7 Å². The monoisotopic (exact) mass is 269 g/mol. The van der Waals surface area contributed by atoms with Gasteiger partial charge in [-0.15, -0.1) is 0 Å². The molecule has 1 unspecified atom stereocenters. The lowest BCUT2D eigenvalue weighted by atomic mass is 10.1. The molecule has 0 spiro atoms. The number of likely N-dealkylation sites (N-methyl/N-ethyl adjacent to an activating group) is 1. The van der Waals surface area contributed by atoms with Crippen LogP contribution in [0.5, 0.6) is 0 Å². The number of halogens is 3. The Bertz CT molecular complexity index is 288. The molecular weight excluding hydrogens is 251 g/mol. The van der Waals surface area contributed by atoms with Gasteiger partial charge in [0.1, 0.15) is 5.92 Å². The smallest absolute Gasteiger partial charge is 0.400 e. The van der Waals surface area contributed by atoms with Crippen LogP contribution in [0, 0.1) is 5.92 Å². The van der Waals surface area contributed by atoms with Crippen molar-refractivity contribution in [1.82, 2.24) is 15.3 Å². The Balaban J connectivity index is 2.48. The van der Waals surface area contributed by atoms with Crippen molar-refractivity contribution in [3.8, 4) is 0 Å². The molecular formula is C9H18F3N5O. The molecule has 0 aromatic rings. The van der Waals surface area contributed by atoms with Gasteiger partial charge >= 0.3 is 6.18 Å². The molecule has 6 nitrogen and oxygen atoms in total. The van der Waals surface area contributed by atoms with E-state index in [0.29, 0.717) is 13.1 Å². The van der Waals surface area contributed by atoms with Crippen molar-refractivity contribution in [2.24, 2.45) is 16.8 Å². The summed E-state index contributed by atoms with van der Waals surface area (Å²) in [5.41, 5.74) is 7.73. The molecule has 0 bridgehead atoms. The maximum atomic E-state index is 12.6. The molecule has 9 heteroatoms. The molecule has 1 saturated heterocycles. The van der Waals surface area contributed by atoms with Gasteiger partial charge in [-0.2, -0.15) is 13.2 Å². The minimum Gasteiger partial charge on any atom is -0.409 e. The van der Waals surface area contributed by atoms with Gasteiger partial charge in [0.05, 0.1) is 0 Å². The van der Waals surface area contributed by atoms with Crippen molar-refractivity contribution >= 4 is 5.84 Å². The molecule has 18 heavy (non-hydrogen) atoms. The topological polar surface area (TPSA) is 77.1 Å². The summed E-state index contributed by atoms with van der Waals surface area (Å²) < 4.78 is 37.9. The van der Waals surface area contributed by atoms with Gasteiger partial charge < -0.3 is 15.8 Å².